The summed E-state index contributed by atoms with van der Waals surface area (Å²) in [5, 5.41) is 22.2. The van der Waals surface area contributed by atoms with Gasteiger partial charge in [-0.1, -0.05) is 0 Å². The van der Waals surface area contributed by atoms with Gasteiger partial charge in [0.25, 0.3) is 5.56 Å². The van der Waals surface area contributed by atoms with Crippen molar-refractivity contribution in [1.29, 1.82) is 16.2 Å². The normalized spacial score (nSPS) is 12.3. The van der Waals surface area contributed by atoms with Crippen LogP contribution in [0.3, 0.4) is 0 Å². The van der Waals surface area contributed by atoms with Gasteiger partial charge in [-0.3, -0.25) is 9.36 Å². The summed E-state index contributed by atoms with van der Waals surface area (Å²) in [4.78, 5) is 12.4. The zero-order valence-electron chi connectivity index (χ0n) is 13.2. The Morgan fingerprint density at radius 1 is 1.12 bits per heavy atom. The Morgan fingerprint density at radius 3 is 2.15 bits per heavy atom. The molecule has 7 nitrogen and oxygen atoms in total. The summed E-state index contributed by atoms with van der Waals surface area (Å²) >= 11 is 0. The maximum atomic E-state index is 12.4. The van der Waals surface area contributed by atoms with Crippen LogP contribution in [0.5, 0.6) is 5.75 Å². The maximum absolute atomic E-state index is 12.4. The lowest BCUT2D eigenvalue weighted by molar-refractivity contribution is -0.274. The van der Waals surface area contributed by atoms with E-state index in [0.29, 0.717) is 0 Å². The second-order valence-corrected chi connectivity index (χ2v) is 5.13. The van der Waals surface area contributed by atoms with Crippen LogP contribution in [0.25, 0.3) is 5.69 Å². The van der Waals surface area contributed by atoms with Crippen LogP contribution < -0.4 is 16.0 Å². The van der Waals surface area contributed by atoms with Crippen molar-refractivity contribution in [1.82, 2.24) is 4.57 Å². The minimum Gasteiger partial charge on any atom is -0.406 e. The van der Waals surface area contributed by atoms with Crippen LogP contribution in [-0.4, -0.2) is 29.6 Å². The molecule has 0 saturated carbocycles. The van der Waals surface area contributed by atoms with Crippen LogP contribution >= 0.6 is 0 Å². The molecule has 0 atom stereocenters. The summed E-state index contributed by atoms with van der Waals surface area (Å²) in [6, 6.07) is 4.56. The number of aromatic nitrogens is 1. The number of alkyl halides is 3. The third-order valence-corrected chi connectivity index (χ3v) is 3.53. The van der Waals surface area contributed by atoms with Crippen molar-refractivity contribution in [2.24, 2.45) is 0 Å². The van der Waals surface area contributed by atoms with E-state index in [1.807, 2.05) is 0 Å². The molecule has 0 radical (unpaired) electrons. The molecule has 0 bridgehead atoms. The molecule has 0 fully saturated rings. The predicted molar refractivity (Wildman–Crippen MR) is 91.3 cm³/mol. The molecule has 10 heteroatoms. The zero-order chi connectivity index (χ0) is 19.5. The largest absolute Gasteiger partial charge is 0.573 e. The van der Waals surface area contributed by atoms with Crippen LogP contribution in [0, 0.1) is 16.2 Å². The summed E-state index contributed by atoms with van der Waals surface area (Å²) in [5.41, 5.74) is 5.42. The first kappa shape index (κ1) is 18.9. The molecule has 0 saturated heterocycles. The number of halogens is 3. The number of hydrogen-bond acceptors (Lipinski definition) is 6. The molecule has 2 rings (SSSR count). The van der Waals surface area contributed by atoms with Crippen LogP contribution in [0.2, 0.25) is 0 Å². The second-order valence-electron chi connectivity index (χ2n) is 5.13. The van der Waals surface area contributed by atoms with Gasteiger partial charge in [0.2, 0.25) is 0 Å². The summed E-state index contributed by atoms with van der Waals surface area (Å²) in [6.45, 7) is 0. The number of benzene rings is 1. The van der Waals surface area contributed by atoms with Crippen molar-refractivity contribution < 1.29 is 17.9 Å². The molecular formula is C16H14F3N5O2. The highest BCUT2D eigenvalue weighted by Crippen LogP contribution is 2.25. The first-order chi connectivity index (χ1) is 12.2. The fraction of sp³-hybridized carbons (Fsp3) is 0.125. The first-order valence-corrected chi connectivity index (χ1v) is 7.14. The molecule has 136 valence electrons. The second kappa shape index (κ2) is 7.21. The Balaban J connectivity index is 2.59. The van der Waals surface area contributed by atoms with Gasteiger partial charge in [0.05, 0.1) is 5.92 Å². The number of nitrogen functional groups attached to an aromatic ring is 1. The van der Waals surface area contributed by atoms with Gasteiger partial charge in [0.1, 0.15) is 11.4 Å². The SMILES string of the molecule is N=Cc1c(C(C=N)C=N)cn(-c2ccc(OC(F)(F)F)cc2)c(=O)c1N. The van der Waals surface area contributed by atoms with Crippen molar-refractivity contribution >= 4 is 24.3 Å². The van der Waals surface area contributed by atoms with Gasteiger partial charge in [-0.2, -0.15) is 0 Å². The highest BCUT2D eigenvalue weighted by Gasteiger charge is 2.31. The van der Waals surface area contributed by atoms with E-state index in [0.717, 1.165) is 35.3 Å². The summed E-state index contributed by atoms with van der Waals surface area (Å²) in [6.07, 6.45) is -0.771. The smallest absolute Gasteiger partial charge is 0.406 e. The number of nitrogens with one attached hydrogen (secondary N) is 3. The Hall–Kier alpha value is -3.43. The first-order valence-electron chi connectivity index (χ1n) is 7.14. The minimum atomic E-state index is -4.83. The van der Waals surface area contributed by atoms with Crippen LogP contribution in [0.4, 0.5) is 18.9 Å². The van der Waals surface area contributed by atoms with Crippen molar-refractivity contribution in [2.75, 3.05) is 5.73 Å². The number of anilines is 1. The zero-order valence-corrected chi connectivity index (χ0v) is 13.2. The van der Waals surface area contributed by atoms with Gasteiger partial charge in [-0.05, 0) is 29.8 Å². The molecule has 1 aromatic carbocycles. The molecule has 0 unspecified atom stereocenters. The van der Waals surface area contributed by atoms with E-state index in [4.69, 9.17) is 22.0 Å². The number of nitrogens with two attached hydrogens (primary N) is 1. The van der Waals surface area contributed by atoms with Crippen molar-refractivity contribution in [2.45, 2.75) is 12.3 Å². The van der Waals surface area contributed by atoms with Crippen LogP contribution in [0.1, 0.15) is 17.0 Å². The average Bonchev–Trinajstić information content (AvgIpc) is 2.58. The number of ether oxygens (including phenoxy) is 1. The van der Waals surface area contributed by atoms with E-state index >= 15 is 0 Å². The third-order valence-electron chi connectivity index (χ3n) is 3.53. The highest BCUT2D eigenvalue weighted by molar-refractivity contribution is 5.95. The molecule has 5 N–H and O–H groups in total. The number of nitrogens with zero attached hydrogens (tertiary/aromatic N) is 1. The Morgan fingerprint density at radius 2 is 1.69 bits per heavy atom. The van der Waals surface area contributed by atoms with Gasteiger partial charge in [-0.25, -0.2) is 0 Å². The van der Waals surface area contributed by atoms with E-state index in [9.17, 15) is 18.0 Å². The molecule has 0 aliphatic carbocycles. The number of pyridine rings is 1. The summed E-state index contributed by atoms with van der Waals surface area (Å²) in [5.74, 6) is -1.26. The lowest BCUT2D eigenvalue weighted by Gasteiger charge is -2.16. The number of hydrogen-bond donors (Lipinski definition) is 4. The van der Waals surface area contributed by atoms with Gasteiger partial charge < -0.3 is 26.7 Å². The van der Waals surface area contributed by atoms with E-state index in [1.165, 1.54) is 18.3 Å². The summed E-state index contributed by atoms with van der Waals surface area (Å²) in [7, 11) is 0. The molecule has 0 spiro atoms. The Labute approximate surface area is 145 Å². The lowest BCUT2D eigenvalue weighted by Crippen LogP contribution is -2.25. The lowest BCUT2D eigenvalue weighted by atomic mass is 9.97. The van der Waals surface area contributed by atoms with Crippen molar-refractivity contribution in [3.8, 4) is 11.4 Å². The standard InChI is InChI=1S/C16H14F3N5O2/c17-16(18,19)26-11-3-1-10(2-4-11)24-8-13(9(5-20)6-21)12(7-22)14(23)15(24)25/h1-9,20-22H,23H2. The van der Waals surface area contributed by atoms with Gasteiger partial charge >= 0.3 is 6.36 Å². The third kappa shape index (κ3) is 3.79. The van der Waals surface area contributed by atoms with Crippen LogP contribution in [0.15, 0.2) is 35.3 Å². The van der Waals surface area contributed by atoms with Crippen molar-refractivity contribution in [3.05, 3.63) is 51.9 Å². The molecule has 0 aliphatic heterocycles. The van der Waals surface area contributed by atoms with Gasteiger partial charge in [0, 0.05) is 36.1 Å². The topological polar surface area (TPSA) is 129 Å². The van der Waals surface area contributed by atoms with E-state index in [-0.39, 0.29) is 22.5 Å². The molecular weight excluding hydrogens is 351 g/mol. The summed E-state index contributed by atoms with van der Waals surface area (Å²) < 4.78 is 41.5. The fourth-order valence-corrected chi connectivity index (χ4v) is 2.32. The highest BCUT2D eigenvalue weighted by atomic mass is 19.4. The molecule has 0 amide bonds. The van der Waals surface area contributed by atoms with Crippen molar-refractivity contribution in [3.63, 3.8) is 0 Å². The maximum Gasteiger partial charge on any atom is 0.573 e. The molecule has 2 aromatic rings. The quantitative estimate of drug-likeness (QED) is 0.587. The minimum absolute atomic E-state index is 0.0836. The van der Waals surface area contributed by atoms with E-state index in [2.05, 4.69) is 4.74 Å². The van der Waals surface area contributed by atoms with Crippen LogP contribution in [-0.2, 0) is 0 Å². The monoisotopic (exact) mass is 365 g/mol. The average molecular weight is 365 g/mol. The molecule has 1 aromatic heterocycles. The Kier molecular flexibility index (Phi) is 5.24. The molecule has 1 heterocycles. The fourth-order valence-electron chi connectivity index (χ4n) is 2.32. The molecule has 0 aliphatic rings. The Bertz CT molecular complexity index is 896. The predicted octanol–water partition coefficient (Wildman–Crippen LogP) is 2.70. The van der Waals surface area contributed by atoms with Gasteiger partial charge in [-0.15, -0.1) is 13.2 Å². The molecule has 26 heavy (non-hydrogen) atoms. The number of rotatable bonds is 6. The van der Waals surface area contributed by atoms with Gasteiger partial charge in [0.15, 0.2) is 0 Å². The van der Waals surface area contributed by atoms with E-state index in [1.54, 1.807) is 0 Å². The van der Waals surface area contributed by atoms with E-state index < -0.39 is 23.6 Å².